The van der Waals surface area contributed by atoms with Crippen molar-refractivity contribution in [2.24, 2.45) is 0 Å². The molecule has 0 heterocycles. The monoisotopic (exact) mass is 560 g/mol. The minimum atomic E-state index is -4.27. The standard InChI is InChI=1S/C31H23F7O2/c1-2-3-20-4-17-27(28(32)18-20)23-7-5-21(6-8-23)22-9-11-24(12-10-22)31(37,38)40-26-15-13-25(14-16-26)39-30(35,36)19-29(33)34/h4-19H,2-3H2,1H3. The lowest BCUT2D eigenvalue weighted by Crippen LogP contribution is -2.22. The molecule has 0 spiro atoms. The Morgan fingerprint density at radius 1 is 0.700 bits per heavy atom. The number of hydrogen-bond donors (Lipinski definition) is 0. The number of halogens is 7. The predicted octanol–water partition coefficient (Wildman–Crippen LogP) is 9.99. The molecule has 0 aliphatic heterocycles. The highest BCUT2D eigenvalue weighted by Gasteiger charge is 2.35. The van der Waals surface area contributed by atoms with Gasteiger partial charge in [0.25, 0.3) is 6.08 Å². The first-order valence-corrected chi connectivity index (χ1v) is 12.2. The number of ether oxygens (including phenoxy) is 2. The van der Waals surface area contributed by atoms with Crippen molar-refractivity contribution in [1.82, 2.24) is 0 Å². The van der Waals surface area contributed by atoms with Gasteiger partial charge in [-0.15, -0.1) is 0 Å². The summed E-state index contributed by atoms with van der Waals surface area (Å²) in [5.41, 5.74) is 3.00. The summed E-state index contributed by atoms with van der Waals surface area (Å²) in [7, 11) is 0. The first-order chi connectivity index (χ1) is 19.0. The molecule has 9 heteroatoms. The van der Waals surface area contributed by atoms with E-state index in [1.807, 2.05) is 13.0 Å². The van der Waals surface area contributed by atoms with Gasteiger partial charge >= 0.3 is 12.2 Å². The second-order valence-corrected chi connectivity index (χ2v) is 8.91. The van der Waals surface area contributed by atoms with Gasteiger partial charge in [-0.3, -0.25) is 0 Å². The summed E-state index contributed by atoms with van der Waals surface area (Å²) in [5, 5.41) is 0. The van der Waals surface area contributed by atoms with Gasteiger partial charge in [0.05, 0.1) is 11.6 Å². The van der Waals surface area contributed by atoms with Crippen molar-refractivity contribution in [2.75, 3.05) is 0 Å². The highest BCUT2D eigenvalue weighted by molar-refractivity contribution is 5.71. The summed E-state index contributed by atoms with van der Waals surface area (Å²) in [6, 6.07) is 21.2. The highest BCUT2D eigenvalue weighted by atomic mass is 19.3. The molecule has 0 aliphatic carbocycles. The molecule has 0 bridgehead atoms. The van der Waals surface area contributed by atoms with Crippen LogP contribution in [-0.4, -0.2) is 6.11 Å². The zero-order valence-corrected chi connectivity index (χ0v) is 21.1. The molecule has 40 heavy (non-hydrogen) atoms. The molecule has 4 rings (SSSR count). The molecule has 0 radical (unpaired) electrons. The summed E-state index contributed by atoms with van der Waals surface area (Å²) in [6.45, 7) is 2.03. The second kappa shape index (κ2) is 11.9. The lowest BCUT2D eigenvalue weighted by molar-refractivity contribution is -0.185. The Balaban J connectivity index is 1.43. The van der Waals surface area contributed by atoms with Crippen molar-refractivity contribution < 1.29 is 40.2 Å². The van der Waals surface area contributed by atoms with Crippen molar-refractivity contribution in [1.29, 1.82) is 0 Å². The van der Waals surface area contributed by atoms with Crippen LogP contribution in [0.5, 0.6) is 11.5 Å². The van der Waals surface area contributed by atoms with E-state index < -0.39 is 35.7 Å². The molecule has 2 nitrogen and oxygen atoms in total. The van der Waals surface area contributed by atoms with Gasteiger partial charge in [-0.25, -0.2) is 4.39 Å². The predicted molar refractivity (Wildman–Crippen MR) is 138 cm³/mol. The number of aryl methyl sites for hydroxylation is 1. The van der Waals surface area contributed by atoms with E-state index in [9.17, 15) is 30.7 Å². The van der Waals surface area contributed by atoms with E-state index in [-0.39, 0.29) is 11.6 Å². The van der Waals surface area contributed by atoms with Crippen LogP contribution in [-0.2, 0) is 12.5 Å². The smallest absolute Gasteiger partial charge is 0.426 e. The molecule has 0 unspecified atom stereocenters. The Morgan fingerprint density at radius 3 is 1.75 bits per heavy atom. The molecular formula is C31H23F7O2. The fourth-order valence-corrected chi connectivity index (χ4v) is 4.03. The minimum absolute atomic E-state index is 0.310. The summed E-state index contributed by atoms with van der Waals surface area (Å²) in [5.74, 6) is -1.19. The van der Waals surface area contributed by atoms with Crippen molar-refractivity contribution in [3.63, 3.8) is 0 Å². The van der Waals surface area contributed by atoms with Gasteiger partial charge in [0, 0.05) is 5.56 Å². The molecule has 0 saturated carbocycles. The maximum absolute atomic E-state index is 14.7. The van der Waals surface area contributed by atoms with Gasteiger partial charge in [-0.05, 0) is 71.1 Å². The molecule has 208 valence electrons. The maximum Gasteiger partial charge on any atom is 0.426 e. The van der Waals surface area contributed by atoms with E-state index in [1.165, 1.54) is 30.3 Å². The first-order valence-electron chi connectivity index (χ1n) is 12.2. The lowest BCUT2D eigenvalue weighted by atomic mass is 9.98. The number of benzene rings is 4. The van der Waals surface area contributed by atoms with Crippen LogP contribution >= 0.6 is 0 Å². The van der Waals surface area contributed by atoms with Crippen molar-refractivity contribution in [3.8, 4) is 33.8 Å². The quantitative estimate of drug-likeness (QED) is 0.180. The third-order valence-corrected chi connectivity index (χ3v) is 5.92. The minimum Gasteiger partial charge on any atom is -0.429 e. The Bertz CT molecular complexity index is 1460. The van der Waals surface area contributed by atoms with Gasteiger partial charge in [0.1, 0.15) is 17.3 Å². The van der Waals surface area contributed by atoms with Crippen LogP contribution in [0.2, 0.25) is 0 Å². The fourth-order valence-electron chi connectivity index (χ4n) is 4.03. The SMILES string of the molecule is CCCc1ccc(-c2ccc(-c3ccc(C(F)(F)Oc4ccc(OC(F)(F)C=C(F)F)cc4)cc3)cc2)c(F)c1. The zero-order chi connectivity index (χ0) is 28.9. The van der Waals surface area contributed by atoms with Crippen LogP contribution in [0.1, 0.15) is 24.5 Å². The Hall–Kier alpha value is -4.27. The van der Waals surface area contributed by atoms with E-state index in [0.717, 1.165) is 48.2 Å². The van der Waals surface area contributed by atoms with E-state index in [0.29, 0.717) is 16.7 Å². The molecule has 0 atom stereocenters. The van der Waals surface area contributed by atoms with E-state index in [4.69, 9.17) is 4.74 Å². The molecule has 0 aromatic heterocycles. The van der Waals surface area contributed by atoms with Crippen LogP contribution in [0.4, 0.5) is 30.7 Å². The van der Waals surface area contributed by atoms with Gasteiger partial charge < -0.3 is 9.47 Å². The summed E-state index contributed by atoms with van der Waals surface area (Å²) >= 11 is 0. The van der Waals surface area contributed by atoms with Crippen LogP contribution in [0.15, 0.2) is 103 Å². The molecule has 4 aromatic rings. The van der Waals surface area contributed by atoms with Gasteiger partial charge in [-0.1, -0.05) is 61.9 Å². The largest absolute Gasteiger partial charge is 0.429 e. The average molecular weight is 561 g/mol. The molecule has 0 aliphatic rings. The van der Waals surface area contributed by atoms with Gasteiger partial charge in [0.15, 0.2) is 0 Å². The zero-order valence-electron chi connectivity index (χ0n) is 21.1. The average Bonchev–Trinajstić information content (AvgIpc) is 2.89. The highest BCUT2D eigenvalue weighted by Crippen LogP contribution is 2.35. The Kier molecular flexibility index (Phi) is 8.52. The van der Waals surface area contributed by atoms with Crippen molar-refractivity contribution >= 4 is 0 Å². The molecule has 0 saturated heterocycles. The van der Waals surface area contributed by atoms with E-state index in [2.05, 4.69) is 4.74 Å². The van der Waals surface area contributed by atoms with Crippen molar-refractivity contribution in [3.05, 3.63) is 120 Å². The molecular weight excluding hydrogens is 537 g/mol. The summed E-state index contributed by atoms with van der Waals surface area (Å²) in [4.78, 5) is 0. The topological polar surface area (TPSA) is 18.5 Å². The second-order valence-electron chi connectivity index (χ2n) is 8.91. The Morgan fingerprint density at radius 2 is 1.23 bits per heavy atom. The van der Waals surface area contributed by atoms with Crippen LogP contribution in [0, 0.1) is 5.82 Å². The van der Waals surface area contributed by atoms with Crippen molar-refractivity contribution in [2.45, 2.75) is 32.0 Å². The first kappa shape index (κ1) is 28.7. The third-order valence-electron chi connectivity index (χ3n) is 5.92. The summed E-state index contributed by atoms with van der Waals surface area (Å²) < 4.78 is 104. The number of rotatable bonds is 10. The van der Waals surface area contributed by atoms with E-state index >= 15 is 0 Å². The van der Waals surface area contributed by atoms with Crippen LogP contribution in [0.25, 0.3) is 22.3 Å². The molecule has 0 fully saturated rings. The molecule has 0 amide bonds. The van der Waals surface area contributed by atoms with E-state index in [1.54, 1.807) is 30.3 Å². The Labute approximate surface area is 226 Å². The molecule has 0 N–H and O–H groups in total. The van der Waals surface area contributed by atoms with Gasteiger partial charge in [-0.2, -0.15) is 26.3 Å². The third kappa shape index (κ3) is 7.22. The van der Waals surface area contributed by atoms with Gasteiger partial charge in [0.2, 0.25) is 0 Å². The number of alkyl halides is 4. The number of hydrogen-bond acceptors (Lipinski definition) is 2. The maximum atomic E-state index is 14.7. The normalized spacial score (nSPS) is 11.7. The lowest BCUT2D eigenvalue weighted by Gasteiger charge is -2.19. The molecule has 4 aromatic carbocycles. The fraction of sp³-hybridized carbons (Fsp3) is 0.161. The van der Waals surface area contributed by atoms with Crippen LogP contribution in [0.3, 0.4) is 0 Å². The summed E-state index contributed by atoms with van der Waals surface area (Å²) in [6.07, 6.45) is -9.63. The van der Waals surface area contributed by atoms with Crippen LogP contribution < -0.4 is 9.47 Å².